The van der Waals surface area contributed by atoms with Crippen LogP contribution < -0.4 is 5.73 Å². The van der Waals surface area contributed by atoms with Crippen LogP contribution in [0.5, 0.6) is 5.75 Å². The zero-order chi connectivity index (χ0) is 10.3. The van der Waals surface area contributed by atoms with Gasteiger partial charge in [-0.3, -0.25) is 0 Å². The molecule has 0 atom stereocenters. The molecule has 0 amide bonds. The minimum atomic E-state index is 0.225. The van der Waals surface area contributed by atoms with Gasteiger partial charge in [-0.25, -0.2) is 0 Å². The molecule has 14 heavy (non-hydrogen) atoms. The Morgan fingerprint density at radius 2 is 1.79 bits per heavy atom. The van der Waals surface area contributed by atoms with Gasteiger partial charge in [-0.05, 0) is 43.4 Å². The molecule has 2 heteroatoms. The maximum atomic E-state index is 9.66. The molecule has 2 nitrogen and oxygen atoms in total. The van der Waals surface area contributed by atoms with Crippen molar-refractivity contribution in [1.82, 2.24) is 0 Å². The molecule has 0 bridgehead atoms. The molecule has 0 spiro atoms. The van der Waals surface area contributed by atoms with Gasteiger partial charge in [0.2, 0.25) is 0 Å². The monoisotopic (exact) mass is 191 g/mol. The smallest absolute Gasteiger partial charge is 0.121 e. The maximum absolute atomic E-state index is 9.66. The highest BCUT2D eigenvalue weighted by Crippen LogP contribution is 2.48. The number of phenolic OH excluding ortho intramolecular Hbond substituents is 1. The van der Waals surface area contributed by atoms with E-state index in [4.69, 9.17) is 5.73 Å². The Morgan fingerprint density at radius 1 is 1.29 bits per heavy atom. The number of hydrogen-bond donors (Lipinski definition) is 2. The molecule has 0 aliphatic heterocycles. The average molecular weight is 191 g/mol. The summed E-state index contributed by atoms with van der Waals surface area (Å²) in [7, 11) is 0. The second kappa shape index (κ2) is 2.99. The van der Waals surface area contributed by atoms with Gasteiger partial charge in [0.15, 0.2) is 0 Å². The van der Waals surface area contributed by atoms with Crippen LogP contribution in [0, 0.1) is 13.8 Å². The van der Waals surface area contributed by atoms with E-state index in [2.05, 4.69) is 12.1 Å². The average Bonchev–Trinajstić information content (AvgIpc) is 2.94. The molecule has 1 saturated carbocycles. The van der Waals surface area contributed by atoms with Gasteiger partial charge >= 0.3 is 0 Å². The largest absolute Gasteiger partial charge is 0.507 e. The SMILES string of the molecule is Cc1cc(C2(CN)CC2)cc(C)c1O. The maximum Gasteiger partial charge on any atom is 0.121 e. The predicted molar refractivity (Wildman–Crippen MR) is 57.5 cm³/mol. The second-order valence-electron chi connectivity index (χ2n) is 4.44. The molecular weight excluding hydrogens is 174 g/mol. The molecule has 1 fully saturated rings. The third kappa shape index (κ3) is 1.30. The Kier molecular flexibility index (Phi) is 2.04. The van der Waals surface area contributed by atoms with E-state index in [0.717, 1.165) is 17.7 Å². The van der Waals surface area contributed by atoms with Crippen molar-refractivity contribution in [2.45, 2.75) is 32.1 Å². The van der Waals surface area contributed by atoms with Crippen LogP contribution in [-0.4, -0.2) is 11.7 Å². The third-order valence-corrected chi connectivity index (χ3v) is 3.35. The van der Waals surface area contributed by atoms with Crippen molar-refractivity contribution < 1.29 is 5.11 Å². The van der Waals surface area contributed by atoms with Gasteiger partial charge in [0, 0.05) is 12.0 Å². The Morgan fingerprint density at radius 3 is 2.14 bits per heavy atom. The fourth-order valence-corrected chi connectivity index (χ4v) is 2.02. The number of phenols is 1. The van der Waals surface area contributed by atoms with Gasteiger partial charge in [0.25, 0.3) is 0 Å². The lowest BCUT2D eigenvalue weighted by Crippen LogP contribution is -2.19. The van der Waals surface area contributed by atoms with Crippen molar-refractivity contribution in [3.05, 3.63) is 28.8 Å². The highest BCUT2D eigenvalue weighted by atomic mass is 16.3. The van der Waals surface area contributed by atoms with E-state index in [1.807, 2.05) is 13.8 Å². The van der Waals surface area contributed by atoms with E-state index in [0.29, 0.717) is 5.75 Å². The Hall–Kier alpha value is -1.02. The normalized spacial score (nSPS) is 18.2. The molecule has 3 N–H and O–H groups in total. The van der Waals surface area contributed by atoms with Crippen LogP contribution in [0.3, 0.4) is 0 Å². The van der Waals surface area contributed by atoms with Crippen molar-refractivity contribution >= 4 is 0 Å². The third-order valence-electron chi connectivity index (χ3n) is 3.35. The quantitative estimate of drug-likeness (QED) is 0.751. The van der Waals surface area contributed by atoms with Gasteiger partial charge in [-0.2, -0.15) is 0 Å². The molecule has 1 aliphatic carbocycles. The number of benzene rings is 1. The van der Waals surface area contributed by atoms with E-state index in [-0.39, 0.29) is 5.41 Å². The Bertz CT molecular complexity index is 344. The van der Waals surface area contributed by atoms with Crippen molar-refractivity contribution in [2.75, 3.05) is 6.54 Å². The topological polar surface area (TPSA) is 46.2 Å². The van der Waals surface area contributed by atoms with Gasteiger partial charge in [0.1, 0.15) is 5.75 Å². The highest BCUT2D eigenvalue weighted by molar-refractivity contribution is 5.46. The fraction of sp³-hybridized carbons (Fsp3) is 0.500. The molecule has 1 aromatic carbocycles. The van der Waals surface area contributed by atoms with Crippen LogP contribution in [-0.2, 0) is 5.41 Å². The van der Waals surface area contributed by atoms with Crippen LogP contribution in [0.2, 0.25) is 0 Å². The molecule has 0 radical (unpaired) electrons. The first-order valence-electron chi connectivity index (χ1n) is 5.10. The number of nitrogens with two attached hydrogens (primary N) is 1. The minimum Gasteiger partial charge on any atom is -0.507 e. The Labute approximate surface area is 84.7 Å². The van der Waals surface area contributed by atoms with Crippen molar-refractivity contribution in [2.24, 2.45) is 5.73 Å². The summed E-state index contributed by atoms with van der Waals surface area (Å²) >= 11 is 0. The van der Waals surface area contributed by atoms with Gasteiger partial charge < -0.3 is 10.8 Å². The zero-order valence-corrected chi connectivity index (χ0v) is 8.80. The summed E-state index contributed by atoms with van der Waals surface area (Å²) in [5.41, 5.74) is 9.22. The summed E-state index contributed by atoms with van der Waals surface area (Å²) in [6, 6.07) is 4.14. The van der Waals surface area contributed by atoms with Crippen LogP contribution >= 0.6 is 0 Å². The van der Waals surface area contributed by atoms with Crippen LogP contribution in [0.25, 0.3) is 0 Å². The van der Waals surface area contributed by atoms with Gasteiger partial charge in [-0.1, -0.05) is 12.1 Å². The molecule has 76 valence electrons. The number of aryl methyl sites for hydroxylation is 2. The first-order chi connectivity index (χ1) is 6.59. The van der Waals surface area contributed by atoms with Gasteiger partial charge in [-0.15, -0.1) is 0 Å². The van der Waals surface area contributed by atoms with Gasteiger partial charge in [0.05, 0.1) is 0 Å². The molecular formula is C12H17NO. The first kappa shape index (κ1) is 9.53. The minimum absolute atomic E-state index is 0.225. The summed E-state index contributed by atoms with van der Waals surface area (Å²) < 4.78 is 0. The lowest BCUT2D eigenvalue weighted by molar-refractivity contribution is 0.466. The summed E-state index contributed by atoms with van der Waals surface area (Å²) in [6.07, 6.45) is 2.38. The van der Waals surface area contributed by atoms with E-state index in [9.17, 15) is 5.11 Å². The van der Waals surface area contributed by atoms with E-state index < -0.39 is 0 Å². The molecule has 0 unspecified atom stereocenters. The van der Waals surface area contributed by atoms with Crippen LogP contribution in [0.1, 0.15) is 29.5 Å². The molecule has 0 saturated heterocycles. The fourth-order valence-electron chi connectivity index (χ4n) is 2.02. The number of aromatic hydroxyl groups is 1. The zero-order valence-electron chi connectivity index (χ0n) is 8.80. The Balaban J connectivity index is 2.46. The molecule has 1 aromatic rings. The first-order valence-corrected chi connectivity index (χ1v) is 5.10. The van der Waals surface area contributed by atoms with Crippen molar-refractivity contribution in [3.63, 3.8) is 0 Å². The number of hydrogen-bond acceptors (Lipinski definition) is 2. The van der Waals surface area contributed by atoms with Crippen LogP contribution in [0.4, 0.5) is 0 Å². The lowest BCUT2D eigenvalue weighted by Gasteiger charge is -2.15. The molecule has 0 aromatic heterocycles. The van der Waals surface area contributed by atoms with E-state index in [1.54, 1.807) is 0 Å². The highest BCUT2D eigenvalue weighted by Gasteiger charge is 2.43. The standard InChI is InChI=1S/C12H17NO/c1-8-5-10(6-9(2)11(8)14)12(7-13)3-4-12/h5-6,14H,3-4,7,13H2,1-2H3. The molecule has 1 aliphatic rings. The van der Waals surface area contributed by atoms with Crippen molar-refractivity contribution in [1.29, 1.82) is 0 Å². The predicted octanol–water partition coefficient (Wildman–Crippen LogP) is 2.00. The van der Waals surface area contributed by atoms with Crippen molar-refractivity contribution in [3.8, 4) is 5.75 Å². The molecule has 0 heterocycles. The summed E-state index contributed by atoms with van der Waals surface area (Å²) in [5.74, 6) is 0.418. The van der Waals surface area contributed by atoms with E-state index in [1.165, 1.54) is 18.4 Å². The van der Waals surface area contributed by atoms with E-state index >= 15 is 0 Å². The number of rotatable bonds is 2. The second-order valence-corrected chi connectivity index (χ2v) is 4.44. The molecule has 2 rings (SSSR count). The van der Waals surface area contributed by atoms with Crippen LogP contribution in [0.15, 0.2) is 12.1 Å². The summed E-state index contributed by atoms with van der Waals surface area (Å²) in [6.45, 7) is 4.60. The lowest BCUT2D eigenvalue weighted by atomic mass is 9.92. The summed E-state index contributed by atoms with van der Waals surface area (Å²) in [4.78, 5) is 0. The summed E-state index contributed by atoms with van der Waals surface area (Å²) in [5, 5.41) is 9.66.